The molecular formula is C24H31N3O3. The normalized spacial score (nSPS) is 11.7. The molecule has 0 aromatic heterocycles. The largest absolute Gasteiger partial charge is 0.350 e. The summed E-state index contributed by atoms with van der Waals surface area (Å²) in [5.74, 6) is -0.296. The van der Waals surface area contributed by atoms with Crippen molar-refractivity contribution < 1.29 is 14.4 Å². The SMILES string of the molecule is Cc1ccccc1C(=O)NC(CC(C)C)C(=O)NCc1ccc(C(=O)N(C)C)cc1. The predicted octanol–water partition coefficient (Wildman–Crippen LogP) is 3.16. The highest BCUT2D eigenvalue weighted by Gasteiger charge is 2.23. The number of benzene rings is 2. The lowest BCUT2D eigenvalue weighted by atomic mass is 10.0. The lowest BCUT2D eigenvalue weighted by molar-refractivity contribution is -0.123. The van der Waals surface area contributed by atoms with E-state index in [4.69, 9.17) is 0 Å². The lowest BCUT2D eigenvalue weighted by Crippen LogP contribution is -2.47. The first-order chi connectivity index (χ1) is 14.2. The third-order valence-electron chi connectivity index (χ3n) is 4.79. The van der Waals surface area contributed by atoms with Gasteiger partial charge in [-0.05, 0) is 48.6 Å². The Kier molecular flexibility index (Phi) is 8.16. The van der Waals surface area contributed by atoms with Crippen LogP contribution in [0.15, 0.2) is 48.5 Å². The van der Waals surface area contributed by atoms with Crippen LogP contribution in [-0.2, 0) is 11.3 Å². The molecule has 0 spiro atoms. The van der Waals surface area contributed by atoms with E-state index in [0.717, 1.165) is 11.1 Å². The number of hydrogen-bond acceptors (Lipinski definition) is 3. The highest BCUT2D eigenvalue weighted by molar-refractivity contribution is 5.98. The van der Waals surface area contributed by atoms with E-state index in [1.807, 2.05) is 51.1 Å². The minimum Gasteiger partial charge on any atom is -0.350 e. The minimum absolute atomic E-state index is 0.0681. The van der Waals surface area contributed by atoms with Crippen LogP contribution < -0.4 is 10.6 Å². The zero-order valence-electron chi connectivity index (χ0n) is 18.4. The van der Waals surface area contributed by atoms with Gasteiger partial charge in [-0.2, -0.15) is 0 Å². The van der Waals surface area contributed by atoms with Crippen LogP contribution in [0.2, 0.25) is 0 Å². The van der Waals surface area contributed by atoms with Crippen molar-refractivity contribution in [1.82, 2.24) is 15.5 Å². The van der Waals surface area contributed by atoms with Crippen molar-refractivity contribution in [2.24, 2.45) is 5.92 Å². The Hall–Kier alpha value is -3.15. The van der Waals surface area contributed by atoms with E-state index in [-0.39, 0.29) is 23.6 Å². The van der Waals surface area contributed by atoms with Crippen LogP contribution in [0, 0.1) is 12.8 Å². The quantitative estimate of drug-likeness (QED) is 0.703. The van der Waals surface area contributed by atoms with E-state index >= 15 is 0 Å². The van der Waals surface area contributed by atoms with Crippen LogP contribution in [0.1, 0.15) is 52.1 Å². The first-order valence-corrected chi connectivity index (χ1v) is 10.1. The van der Waals surface area contributed by atoms with Crippen molar-refractivity contribution in [2.45, 2.75) is 39.8 Å². The number of amides is 3. The third kappa shape index (κ3) is 6.44. The molecule has 160 valence electrons. The van der Waals surface area contributed by atoms with E-state index in [9.17, 15) is 14.4 Å². The van der Waals surface area contributed by atoms with Gasteiger partial charge in [0.1, 0.15) is 6.04 Å². The summed E-state index contributed by atoms with van der Waals surface area (Å²) in [5, 5.41) is 5.78. The van der Waals surface area contributed by atoms with Gasteiger partial charge in [0.25, 0.3) is 11.8 Å². The number of aryl methyl sites for hydroxylation is 1. The summed E-state index contributed by atoms with van der Waals surface area (Å²) in [5.41, 5.74) is 2.91. The summed E-state index contributed by atoms with van der Waals surface area (Å²) in [6.07, 6.45) is 0.541. The zero-order chi connectivity index (χ0) is 22.3. The van der Waals surface area contributed by atoms with E-state index in [0.29, 0.717) is 24.1 Å². The fraction of sp³-hybridized carbons (Fsp3) is 0.375. The highest BCUT2D eigenvalue weighted by Crippen LogP contribution is 2.11. The number of hydrogen-bond donors (Lipinski definition) is 2. The molecule has 2 aromatic rings. The molecule has 3 amide bonds. The molecule has 2 aromatic carbocycles. The molecule has 0 aliphatic carbocycles. The number of carbonyl (C=O) groups excluding carboxylic acids is 3. The van der Waals surface area contributed by atoms with Crippen molar-refractivity contribution in [3.05, 3.63) is 70.8 Å². The Morgan fingerprint density at radius 3 is 2.17 bits per heavy atom. The van der Waals surface area contributed by atoms with Crippen LogP contribution in [0.5, 0.6) is 0 Å². The van der Waals surface area contributed by atoms with Crippen molar-refractivity contribution >= 4 is 17.7 Å². The van der Waals surface area contributed by atoms with Gasteiger partial charge in [-0.3, -0.25) is 14.4 Å². The first kappa shape index (κ1) is 23.1. The van der Waals surface area contributed by atoms with Crippen molar-refractivity contribution in [1.29, 1.82) is 0 Å². The molecule has 0 aliphatic rings. The van der Waals surface area contributed by atoms with Gasteiger partial charge < -0.3 is 15.5 Å². The van der Waals surface area contributed by atoms with E-state index in [1.54, 1.807) is 32.3 Å². The van der Waals surface area contributed by atoms with Gasteiger partial charge >= 0.3 is 0 Å². The second kappa shape index (κ2) is 10.6. The zero-order valence-corrected chi connectivity index (χ0v) is 18.4. The Bertz CT molecular complexity index is 889. The fourth-order valence-corrected chi connectivity index (χ4v) is 3.10. The summed E-state index contributed by atoms with van der Waals surface area (Å²) < 4.78 is 0. The van der Waals surface area contributed by atoms with Crippen LogP contribution in [0.25, 0.3) is 0 Å². The van der Waals surface area contributed by atoms with Crippen LogP contribution >= 0.6 is 0 Å². The fourth-order valence-electron chi connectivity index (χ4n) is 3.10. The molecule has 1 unspecified atom stereocenters. The first-order valence-electron chi connectivity index (χ1n) is 10.1. The third-order valence-corrected chi connectivity index (χ3v) is 4.79. The van der Waals surface area contributed by atoms with Gasteiger partial charge in [0.2, 0.25) is 5.91 Å². The molecule has 0 bridgehead atoms. The Morgan fingerprint density at radius 2 is 1.60 bits per heavy atom. The summed E-state index contributed by atoms with van der Waals surface area (Å²) in [6, 6.07) is 13.8. The molecule has 6 nitrogen and oxygen atoms in total. The average Bonchev–Trinajstić information content (AvgIpc) is 2.71. The molecule has 0 saturated carbocycles. The monoisotopic (exact) mass is 409 g/mol. The molecule has 0 radical (unpaired) electrons. The smallest absolute Gasteiger partial charge is 0.253 e. The van der Waals surface area contributed by atoms with Gasteiger partial charge in [-0.15, -0.1) is 0 Å². The maximum absolute atomic E-state index is 12.8. The molecular weight excluding hydrogens is 378 g/mol. The van der Waals surface area contributed by atoms with E-state index in [1.165, 1.54) is 4.90 Å². The second-order valence-corrected chi connectivity index (χ2v) is 8.08. The van der Waals surface area contributed by atoms with Crippen LogP contribution in [0.4, 0.5) is 0 Å². The Labute approximate surface area is 178 Å². The number of nitrogens with zero attached hydrogens (tertiary/aromatic N) is 1. The summed E-state index contributed by atoms with van der Waals surface area (Å²) in [4.78, 5) is 38.9. The van der Waals surface area contributed by atoms with Gasteiger partial charge in [0, 0.05) is 31.8 Å². The van der Waals surface area contributed by atoms with E-state index in [2.05, 4.69) is 10.6 Å². The van der Waals surface area contributed by atoms with Crippen molar-refractivity contribution in [2.75, 3.05) is 14.1 Å². The highest BCUT2D eigenvalue weighted by atomic mass is 16.2. The molecule has 2 rings (SSSR count). The summed E-state index contributed by atoms with van der Waals surface area (Å²) in [7, 11) is 3.41. The maximum atomic E-state index is 12.8. The summed E-state index contributed by atoms with van der Waals surface area (Å²) >= 11 is 0. The number of rotatable bonds is 8. The molecule has 0 heterocycles. The van der Waals surface area contributed by atoms with Gasteiger partial charge in [0.15, 0.2) is 0 Å². The van der Waals surface area contributed by atoms with Crippen molar-refractivity contribution in [3.63, 3.8) is 0 Å². The number of nitrogens with one attached hydrogen (secondary N) is 2. The summed E-state index contributed by atoms with van der Waals surface area (Å²) in [6.45, 7) is 6.22. The molecule has 30 heavy (non-hydrogen) atoms. The molecule has 2 N–H and O–H groups in total. The van der Waals surface area contributed by atoms with Gasteiger partial charge in [-0.1, -0.05) is 44.2 Å². The predicted molar refractivity (Wildman–Crippen MR) is 118 cm³/mol. The molecule has 0 fully saturated rings. The van der Waals surface area contributed by atoms with Gasteiger partial charge in [0.05, 0.1) is 0 Å². The molecule has 6 heteroatoms. The molecule has 1 atom stereocenters. The minimum atomic E-state index is -0.619. The van der Waals surface area contributed by atoms with Crippen LogP contribution in [0.3, 0.4) is 0 Å². The molecule has 0 saturated heterocycles. The Morgan fingerprint density at radius 1 is 0.967 bits per heavy atom. The van der Waals surface area contributed by atoms with Gasteiger partial charge in [-0.25, -0.2) is 0 Å². The average molecular weight is 410 g/mol. The van der Waals surface area contributed by atoms with E-state index < -0.39 is 6.04 Å². The second-order valence-electron chi connectivity index (χ2n) is 8.08. The van der Waals surface area contributed by atoms with Crippen molar-refractivity contribution in [3.8, 4) is 0 Å². The lowest BCUT2D eigenvalue weighted by Gasteiger charge is -2.21. The Balaban J connectivity index is 2.02. The number of carbonyl (C=O) groups is 3. The standard InChI is InChI=1S/C24H31N3O3/c1-16(2)14-21(26-22(28)20-9-7-6-8-17(20)3)23(29)25-15-18-10-12-19(13-11-18)24(30)27(4)5/h6-13,16,21H,14-15H2,1-5H3,(H,25,29)(H,26,28). The topological polar surface area (TPSA) is 78.5 Å². The maximum Gasteiger partial charge on any atom is 0.253 e. The molecule has 0 aliphatic heterocycles. The van der Waals surface area contributed by atoms with Crippen LogP contribution in [-0.4, -0.2) is 42.8 Å².